The van der Waals surface area contributed by atoms with E-state index >= 15 is 0 Å². The van der Waals surface area contributed by atoms with Crippen LogP contribution in [0.4, 0.5) is 0 Å². The molecule has 3 heterocycles. The lowest BCUT2D eigenvalue weighted by Gasteiger charge is -2.39. The number of nitrogens with zero attached hydrogens (tertiary/aromatic N) is 2. The van der Waals surface area contributed by atoms with Gasteiger partial charge in [-0.3, -0.25) is 9.80 Å². The molecule has 2 aromatic rings. The van der Waals surface area contributed by atoms with Crippen molar-refractivity contribution in [2.24, 2.45) is 0 Å². The monoisotopic (exact) mass is 327 g/mol. The minimum atomic E-state index is 0.645. The fourth-order valence-electron chi connectivity index (χ4n) is 4.36. The summed E-state index contributed by atoms with van der Waals surface area (Å²) in [6.07, 6.45) is 4.78. The van der Waals surface area contributed by atoms with Crippen LogP contribution >= 0.6 is 0 Å². The SMILES string of the molecule is CC(CN1CCOCC1)N1CCC(c2c[nH]c3ccccc23)CC1. The Balaban J connectivity index is 1.34. The molecule has 2 aliphatic heterocycles. The van der Waals surface area contributed by atoms with Crippen LogP contribution in [0, 0.1) is 0 Å². The molecule has 0 bridgehead atoms. The molecule has 2 saturated heterocycles. The molecule has 1 aromatic carbocycles. The van der Waals surface area contributed by atoms with Crippen molar-refractivity contribution >= 4 is 10.9 Å². The van der Waals surface area contributed by atoms with E-state index in [-0.39, 0.29) is 0 Å². The smallest absolute Gasteiger partial charge is 0.0594 e. The summed E-state index contributed by atoms with van der Waals surface area (Å²) >= 11 is 0. The average molecular weight is 327 g/mol. The number of fused-ring (bicyclic) bond motifs is 1. The molecule has 0 aliphatic carbocycles. The summed E-state index contributed by atoms with van der Waals surface area (Å²) in [6.45, 7) is 9.99. The van der Waals surface area contributed by atoms with Gasteiger partial charge in [0.05, 0.1) is 13.2 Å². The van der Waals surface area contributed by atoms with Gasteiger partial charge in [0, 0.05) is 42.8 Å². The van der Waals surface area contributed by atoms with E-state index in [0.29, 0.717) is 12.0 Å². The lowest BCUT2D eigenvalue weighted by atomic mass is 9.88. The second kappa shape index (κ2) is 7.26. The largest absolute Gasteiger partial charge is 0.379 e. The number of piperidine rings is 1. The molecule has 1 unspecified atom stereocenters. The van der Waals surface area contributed by atoms with Gasteiger partial charge in [-0.2, -0.15) is 0 Å². The summed E-state index contributed by atoms with van der Waals surface area (Å²) in [5, 5.41) is 1.41. The molecule has 24 heavy (non-hydrogen) atoms. The van der Waals surface area contributed by atoms with Crippen molar-refractivity contribution in [3.05, 3.63) is 36.0 Å². The van der Waals surface area contributed by atoms with Gasteiger partial charge in [0.25, 0.3) is 0 Å². The molecule has 0 amide bonds. The Morgan fingerprint density at radius 1 is 1.12 bits per heavy atom. The van der Waals surface area contributed by atoms with Crippen molar-refractivity contribution in [3.63, 3.8) is 0 Å². The number of H-pyrrole nitrogens is 1. The van der Waals surface area contributed by atoms with E-state index in [9.17, 15) is 0 Å². The normalized spacial score (nSPS) is 22.9. The Kier molecular flexibility index (Phi) is 4.88. The Morgan fingerprint density at radius 2 is 1.88 bits per heavy atom. The number of rotatable bonds is 4. The van der Waals surface area contributed by atoms with Gasteiger partial charge in [0.15, 0.2) is 0 Å². The van der Waals surface area contributed by atoms with E-state index in [1.165, 1.54) is 48.9 Å². The molecule has 0 radical (unpaired) electrons. The summed E-state index contributed by atoms with van der Waals surface area (Å²) in [5.41, 5.74) is 2.79. The number of para-hydroxylation sites is 1. The van der Waals surface area contributed by atoms with Crippen LogP contribution in [-0.2, 0) is 4.74 Å². The summed E-state index contributed by atoms with van der Waals surface area (Å²) in [7, 11) is 0. The van der Waals surface area contributed by atoms with Gasteiger partial charge in [-0.1, -0.05) is 18.2 Å². The molecule has 0 spiro atoms. The van der Waals surface area contributed by atoms with Crippen molar-refractivity contribution in [2.75, 3.05) is 45.9 Å². The van der Waals surface area contributed by atoms with Gasteiger partial charge in [0.2, 0.25) is 0 Å². The van der Waals surface area contributed by atoms with Crippen molar-refractivity contribution < 1.29 is 4.74 Å². The van der Waals surface area contributed by atoms with Crippen molar-refractivity contribution in [3.8, 4) is 0 Å². The molecule has 4 nitrogen and oxygen atoms in total. The Bertz CT molecular complexity index is 654. The van der Waals surface area contributed by atoms with E-state index in [1.54, 1.807) is 0 Å². The molecule has 0 saturated carbocycles. The highest BCUT2D eigenvalue weighted by molar-refractivity contribution is 5.83. The van der Waals surface area contributed by atoms with Gasteiger partial charge in [-0.05, 0) is 50.4 Å². The zero-order chi connectivity index (χ0) is 16.4. The summed E-state index contributed by atoms with van der Waals surface area (Å²) in [5.74, 6) is 0.702. The Morgan fingerprint density at radius 3 is 2.67 bits per heavy atom. The van der Waals surface area contributed by atoms with E-state index in [2.05, 4.69) is 52.2 Å². The number of hydrogen-bond acceptors (Lipinski definition) is 3. The molecule has 2 aliphatic rings. The molecule has 1 N–H and O–H groups in total. The molecular formula is C20H29N3O. The molecule has 130 valence electrons. The van der Waals surface area contributed by atoms with Gasteiger partial charge in [0.1, 0.15) is 0 Å². The first kappa shape index (κ1) is 16.1. The Hall–Kier alpha value is -1.36. The maximum atomic E-state index is 5.46. The summed E-state index contributed by atoms with van der Waals surface area (Å²) < 4.78 is 5.46. The van der Waals surface area contributed by atoms with Crippen LogP contribution in [-0.4, -0.2) is 66.8 Å². The second-order valence-corrected chi connectivity index (χ2v) is 7.36. The number of nitrogens with one attached hydrogen (secondary N) is 1. The molecular weight excluding hydrogens is 298 g/mol. The van der Waals surface area contributed by atoms with Crippen molar-refractivity contribution in [1.29, 1.82) is 0 Å². The number of likely N-dealkylation sites (tertiary alicyclic amines) is 1. The topological polar surface area (TPSA) is 31.5 Å². The van der Waals surface area contributed by atoms with Gasteiger partial charge >= 0.3 is 0 Å². The first-order valence-corrected chi connectivity index (χ1v) is 9.41. The van der Waals surface area contributed by atoms with Crippen LogP contribution in [0.3, 0.4) is 0 Å². The molecule has 1 atom stereocenters. The number of ether oxygens (including phenoxy) is 1. The summed E-state index contributed by atoms with van der Waals surface area (Å²) in [4.78, 5) is 8.68. The van der Waals surface area contributed by atoms with E-state index in [4.69, 9.17) is 4.74 Å². The molecule has 4 heteroatoms. The lowest BCUT2D eigenvalue weighted by Crippen LogP contribution is -2.48. The van der Waals surface area contributed by atoms with E-state index in [1.807, 2.05) is 0 Å². The fraction of sp³-hybridized carbons (Fsp3) is 0.600. The van der Waals surface area contributed by atoms with Crippen LogP contribution in [0.25, 0.3) is 10.9 Å². The van der Waals surface area contributed by atoms with Gasteiger partial charge in [-0.25, -0.2) is 0 Å². The quantitative estimate of drug-likeness (QED) is 0.936. The minimum absolute atomic E-state index is 0.645. The first-order valence-electron chi connectivity index (χ1n) is 9.41. The molecule has 4 rings (SSSR count). The van der Waals surface area contributed by atoms with E-state index in [0.717, 1.165) is 26.3 Å². The number of benzene rings is 1. The fourth-order valence-corrected chi connectivity index (χ4v) is 4.36. The van der Waals surface area contributed by atoms with Gasteiger partial charge < -0.3 is 9.72 Å². The first-order chi connectivity index (χ1) is 11.8. The predicted molar refractivity (Wildman–Crippen MR) is 98.6 cm³/mol. The van der Waals surface area contributed by atoms with Crippen LogP contribution in [0.5, 0.6) is 0 Å². The van der Waals surface area contributed by atoms with E-state index < -0.39 is 0 Å². The third-order valence-corrected chi connectivity index (χ3v) is 5.84. The van der Waals surface area contributed by atoms with Crippen LogP contribution in [0.15, 0.2) is 30.5 Å². The number of aromatic nitrogens is 1. The third-order valence-electron chi connectivity index (χ3n) is 5.84. The zero-order valence-electron chi connectivity index (χ0n) is 14.7. The van der Waals surface area contributed by atoms with Crippen molar-refractivity contribution in [2.45, 2.75) is 31.7 Å². The standard InChI is InChI=1S/C20H29N3O/c1-16(15-22-10-12-24-13-11-22)23-8-6-17(7-9-23)19-14-21-20-5-3-2-4-18(19)20/h2-5,14,16-17,21H,6-13,15H2,1H3. The second-order valence-electron chi connectivity index (χ2n) is 7.36. The van der Waals surface area contributed by atoms with Crippen LogP contribution in [0.1, 0.15) is 31.2 Å². The third kappa shape index (κ3) is 3.37. The highest BCUT2D eigenvalue weighted by atomic mass is 16.5. The number of hydrogen-bond donors (Lipinski definition) is 1. The average Bonchev–Trinajstić information content (AvgIpc) is 3.07. The minimum Gasteiger partial charge on any atom is -0.379 e. The highest BCUT2D eigenvalue weighted by Gasteiger charge is 2.26. The van der Waals surface area contributed by atoms with Crippen molar-refractivity contribution in [1.82, 2.24) is 14.8 Å². The molecule has 1 aromatic heterocycles. The number of aromatic amines is 1. The zero-order valence-corrected chi connectivity index (χ0v) is 14.7. The Labute approximate surface area is 144 Å². The maximum Gasteiger partial charge on any atom is 0.0594 e. The predicted octanol–water partition coefficient (Wildman–Crippen LogP) is 3.07. The lowest BCUT2D eigenvalue weighted by molar-refractivity contribution is 0.0218. The molecule has 2 fully saturated rings. The number of morpholine rings is 1. The maximum absolute atomic E-state index is 5.46. The van der Waals surface area contributed by atoms with Crippen LogP contribution in [0.2, 0.25) is 0 Å². The highest BCUT2D eigenvalue weighted by Crippen LogP contribution is 2.33. The summed E-state index contributed by atoms with van der Waals surface area (Å²) in [6, 6.07) is 9.34. The van der Waals surface area contributed by atoms with Crippen LogP contribution < -0.4 is 0 Å². The van der Waals surface area contributed by atoms with Gasteiger partial charge in [-0.15, -0.1) is 0 Å².